The lowest BCUT2D eigenvalue weighted by atomic mass is 10.0. The second-order valence-corrected chi connectivity index (χ2v) is 5.97. The van der Waals surface area contributed by atoms with Gasteiger partial charge in [-0.05, 0) is 51.5 Å². The number of benzene rings is 1. The van der Waals surface area contributed by atoms with Crippen LogP contribution >= 0.6 is 15.9 Å². The molecule has 2 amide bonds. The van der Waals surface area contributed by atoms with E-state index in [1.807, 2.05) is 19.1 Å². The van der Waals surface area contributed by atoms with Gasteiger partial charge in [0.1, 0.15) is 5.54 Å². The Bertz CT molecular complexity index is 509. The highest BCUT2D eigenvalue weighted by Crippen LogP contribution is 2.21. The van der Waals surface area contributed by atoms with Crippen LogP contribution in [0.1, 0.15) is 26.3 Å². The topological polar surface area (TPSA) is 69.6 Å². The molecule has 1 rings (SSSR count). The highest BCUT2D eigenvalue weighted by atomic mass is 79.9. The van der Waals surface area contributed by atoms with E-state index in [1.54, 1.807) is 13.0 Å². The third kappa shape index (κ3) is 3.72. The van der Waals surface area contributed by atoms with Crippen molar-refractivity contribution in [2.24, 2.45) is 0 Å². The summed E-state index contributed by atoms with van der Waals surface area (Å²) in [6.07, 6.45) is 0. The molecular weight excluding hydrogens is 324 g/mol. The Morgan fingerprint density at radius 1 is 1.35 bits per heavy atom. The number of urea groups is 1. The molecule has 110 valence electrons. The van der Waals surface area contributed by atoms with Crippen LogP contribution < -0.4 is 5.32 Å². The summed E-state index contributed by atoms with van der Waals surface area (Å²) in [4.78, 5) is 24.8. The lowest BCUT2D eigenvalue weighted by Crippen LogP contribution is -2.54. The van der Waals surface area contributed by atoms with Crippen LogP contribution in [0.15, 0.2) is 22.7 Å². The van der Waals surface area contributed by atoms with Crippen molar-refractivity contribution in [3.8, 4) is 0 Å². The molecule has 1 aromatic carbocycles. The molecule has 0 saturated carbocycles. The van der Waals surface area contributed by atoms with Crippen molar-refractivity contribution >= 4 is 33.6 Å². The van der Waals surface area contributed by atoms with Crippen molar-refractivity contribution in [1.82, 2.24) is 4.90 Å². The number of nitrogens with one attached hydrogen (secondary N) is 1. The van der Waals surface area contributed by atoms with Crippen LogP contribution in [0.25, 0.3) is 0 Å². The van der Waals surface area contributed by atoms with Crippen LogP contribution in [0.5, 0.6) is 0 Å². The summed E-state index contributed by atoms with van der Waals surface area (Å²) >= 11 is 3.36. The molecule has 0 atom stereocenters. The standard InChI is InChI=1S/C14H19BrN2O3/c1-5-17(14(3,4)12(18)19)13(20)16-11-7-9(2)6-10(15)8-11/h6-8H,5H2,1-4H3,(H,16,20)(H,18,19). The average molecular weight is 343 g/mol. The number of carbonyl (C=O) groups is 2. The number of aryl methyl sites for hydroxylation is 1. The van der Waals surface area contributed by atoms with Gasteiger partial charge in [-0.15, -0.1) is 0 Å². The number of amides is 2. The Hall–Kier alpha value is -1.56. The zero-order valence-corrected chi connectivity index (χ0v) is 13.6. The molecule has 0 saturated heterocycles. The van der Waals surface area contributed by atoms with Crippen molar-refractivity contribution in [2.75, 3.05) is 11.9 Å². The zero-order valence-electron chi connectivity index (χ0n) is 12.0. The summed E-state index contributed by atoms with van der Waals surface area (Å²) in [5.74, 6) is -1.04. The van der Waals surface area contributed by atoms with Gasteiger partial charge >= 0.3 is 12.0 Å². The Balaban J connectivity index is 2.96. The SMILES string of the molecule is CCN(C(=O)Nc1cc(C)cc(Br)c1)C(C)(C)C(=O)O. The Morgan fingerprint density at radius 2 is 1.95 bits per heavy atom. The van der Waals surface area contributed by atoms with Crippen molar-refractivity contribution < 1.29 is 14.7 Å². The molecule has 0 unspecified atom stereocenters. The smallest absolute Gasteiger partial charge is 0.329 e. The Labute approximate surface area is 127 Å². The number of carboxylic acids is 1. The number of carbonyl (C=O) groups excluding carboxylic acids is 1. The zero-order chi connectivity index (χ0) is 15.5. The third-order valence-corrected chi connectivity index (χ3v) is 3.51. The minimum absolute atomic E-state index is 0.304. The minimum Gasteiger partial charge on any atom is -0.480 e. The average Bonchev–Trinajstić information content (AvgIpc) is 2.27. The Kier molecular flexibility index (Phi) is 5.16. The predicted molar refractivity (Wildman–Crippen MR) is 82.0 cm³/mol. The molecule has 0 aromatic heterocycles. The second kappa shape index (κ2) is 6.26. The van der Waals surface area contributed by atoms with Gasteiger partial charge in [0.05, 0.1) is 0 Å². The monoisotopic (exact) mass is 342 g/mol. The highest BCUT2D eigenvalue weighted by molar-refractivity contribution is 9.10. The molecule has 20 heavy (non-hydrogen) atoms. The van der Waals surface area contributed by atoms with E-state index in [1.165, 1.54) is 18.7 Å². The van der Waals surface area contributed by atoms with Crippen LogP contribution in [0, 0.1) is 6.92 Å². The molecule has 0 fully saturated rings. The fourth-order valence-electron chi connectivity index (χ4n) is 1.91. The van der Waals surface area contributed by atoms with Crippen LogP contribution in [-0.4, -0.2) is 34.1 Å². The molecule has 0 bridgehead atoms. The lowest BCUT2D eigenvalue weighted by Gasteiger charge is -2.34. The summed E-state index contributed by atoms with van der Waals surface area (Å²) in [5.41, 5.74) is 0.358. The van der Waals surface area contributed by atoms with Gasteiger partial charge in [0.2, 0.25) is 0 Å². The first-order valence-electron chi connectivity index (χ1n) is 6.27. The molecule has 0 spiro atoms. The Morgan fingerprint density at radius 3 is 2.40 bits per heavy atom. The number of rotatable bonds is 4. The van der Waals surface area contributed by atoms with Crippen molar-refractivity contribution in [1.29, 1.82) is 0 Å². The van der Waals surface area contributed by atoms with Crippen molar-refractivity contribution in [2.45, 2.75) is 33.2 Å². The van der Waals surface area contributed by atoms with Gasteiger partial charge in [0.25, 0.3) is 0 Å². The van der Waals surface area contributed by atoms with E-state index in [0.717, 1.165) is 10.0 Å². The summed E-state index contributed by atoms with van der Waals surface area (Å²) in [6.45, 7) is 6.98. The number of carboxylic acid groups (broad SMARTS) is 1. The largest absolute Gasteiger partial charge is 0.480 e. The normalized spacial score (nSPS) is 11.1. The van der Waals surface area contributed by atoms with Crippen LogP contribution in [0.2, 0.25) is 0 Å². The number of nitrogens with zero attached hydrogens (tertiary/aromatic N) is 1. The summed E-state index contributed by atoms with van der Waals surface area (Å²) in [6, 6.07) is 5.09. The molecule has 2 N–H and O–H groups in total. The van der Waals surface area contributed by atoms with Crippen LogP contribution in [-0.2, 0) is 4.79 Å². The van der Waals surface area contributed by atoms with E-state index >= 15 is 0 Å². The van der Waals surface area contributed by atoms with Crippen molar-refractivity contribution in [3.63, 3.8) is 0 Å². The van der Waals surface area contributed by atoms with Gasteiger partial charge in [0, 0.05) is 16.7 Å². The first kappa shape index (κ1) is 16.5. The molecule has 1 aromatic rings. The molecular formula is C14H19BrN2O3. The van der Waals surface area contributed by atoms with Gasteiger partial charge in [-0.25, -0.2) is 9.59 Å². The van der Waals surface area contributed by atoms with Gasteiger partial charge in [-0.3, -0.25) is 0 Å². The molecule has 0 heterocycles. The van der Waals surface area contributed by atoms with E-state index in [4.69, 9.17) is 0 Å². The fraction of sp³-hybridized carbons (Fsp3) is 0.429. The molecule has 0 aliphatic rings. The number of hydrogen-bond acceptors (Lipinski definition) is 2. The second-order valence-electron chi connectivity index (χ2n) is 5.06. The van der Waals surface area contributed by atoms with E-state index in [2.05, 4.69) is 21.2 Å². The molecule has 6 heteroatoms. The predicted octanol–water partition coefficient (Wildman–Crippen LogP) is 3.47. The minimum atomic E-state index is -1.26. The number of aliphatic carboxylic acids is 1. The summed E-state index contributed by atoms with van der Waals surface area (Å²) < 4.78 is 0.855. The van der Waals surface area contributed by atoms with Crippen LogP contribution in [0.4, 0.5) is 10.5 Å². The first-order chi connectivity index (χ1) is 9.18. The van der Waals surface area contributed by atoms with Gasteiger partial charge < -0.3 is 15.3 Å². The summed E-state index contributed by atoms with van der Waals surface area (Å²) in [7, 11) is 0. The first-order valence-corrected chi connectivity index (χ1v) is 7.07. The maximum Gasteiger partial charge on any atom is 0.329 e. The van der Waals surface area contributed by atoms with Gasteiger partial charge in [0.15, 0.2) is 0 Å². The van der Waals surface area contributed by atoms with Crippen molar-refractivity contribution in [3.05, 3.63) is 28.2 Å². The van der Waals surface area contributed by atoms with E-state index < -0.39 is 17.5 Å². The summed E-state index contributed by atoms with van der Waals surface area (Å²) in [5, 5.41) is 11.9. The molecule has 0 aliphatic heterocycles. The lowest BCUT2D eigenvalue weighted by molar-refractivity contribution is -0.147. The maximum absolute atomic E-state index is 12.3. The number of hydrogen-bond donors (Lipinski definition) is 2. The van der Waals surface area contributed by atoms with Gasteiger partial charge in [-0.2, -0.15) is 0 Å². The van der Waals surface area contributed by atoms with E-state index in [-0.39, 0.29) is 0 Å². The quantitative estimate of drug-likeness (QED) is 0.879. The van der Waals surface area contributed by atoms with E-state index in [9.17, 15) is 14.7 Å². The third-order valence-electron chi connectivity index (χ3n) is 3.05. The van der Waals surface area contributed by atoms with Crippen LogP contribution in [0.3, 0.4) is 0 Å². The number of halogens is 1. The van der Waals surface area contributed by atoms with Gasteiger partial charge in [-0.1, -0.05) is 15.9 Å². The molecule has 5 nitrogen and oxygen atoms in total. The maximum atomic E-state index is 12.3. The highest BCUT2D eigenvalue weighted by Gasteiger charge is 2.36. The molecule has 0 aliphatic carbocycles. The van der Waals surface area contributed by atoms with E-state index in [0.29, 0.717) is 12.2 Å². The number of likely N-dealkylation sites (N-methyl/N-ethyl adjacent to an activating group) is 1. The molecule has 0 radical (unpaired) electrons. The number of anilines is 1. The fourth-order valence-corrected chi connectivity index (χ4v) is 2.52.